The van der Waals surface area contributed by atoms with Gasteiger partial charge in [-0.05, 0) is 42.6 Å². The Kier molecular flexibility index (Phi) is 4.66. The van der Waals surface area contributed by atoms with Gasteiger partial charge in [-0.1, -0.05) is 12.8 Å². The van der Waals surface area contributed by atoms with Gasteiger partial charge in [-0.3, -0.25) is 10.5 Å². The van der Waals surface area contributed by atoms with Gasteiger partial charge in [0.1, 0.15) is 0 Å². The first-order valence-electron chi connectivity index (χ1n) is 6.80. The van der Waals surface area contributed by atoms with Crippen LogP contribution in [-0.4, -0.2) is 22.5 Å². The summed E-state index contributed by atoms with van der Waals surface area (Å²) < 4.78 is 8.85. The van der Waals surface area contributed by atoms with Gasteiger partial charge in [-0.2, -0.15) is 5.10 Å². The fourth-order valence-electron chi connectivity index (χ4n) is 3.10. The van der Waals surface area contributed by atoms with Gasteiger partial charge in [0, 0.05) is 13.2 Å². The molecule has 0 aromatic carbocycles. The molecular formula is C13H23BrN4O. The molecule has 1 unspecified atom stereocenters. The van der Waals surface area contributed by atoms with Crippen molar-refractivity contribution < 1.29 is 4.74 Å². The molecule has 1 aliphatic rings. The average Bonchev–Trinajstić information content (AvgIpc) is 2.99. The lowest BCUT2D eigenvalue weighted by Gasteiger charge is -2.36. The van der Waals surface area contributed by atoms with E-state index >= 15 is 0 Å². The van der Waals surface area contributed by atoms with E-state index in [1.165, 1.54) is 12.8 Å². The van der Waals surface area contributed by atoms with Crippen molar-refractivity contribution in [3.05, 3.63) is 16.4 Å². The van der Waals surface area contributed by atoms with Gasteiger partial charge in [0.15, 0.2) is 0 Å². The molecule has 1 aliphatic carbocycles. The summed E-state index contributed by atoms with van der Waals surface area (Å²) in [4.78, 5) is 0. The summed E-state index contributed by atoms with van der Waals surface area (Å²) in [6, 6.07) is 0.228. The Morgan fingerprint density at radius 2 is 2.11 bits per heavy atom. The van der Waals surface area contributed by atoms with Gasteiger partial charge < -0.3 is 4.74 Å². The van der Waals surface area contributed by atoms with E-state index in [1.54, 1.807) is 7.11 Å². The first-order valence-corrected chi connectivity index (χ1v) is 7.59. The van der Waals surface area contributed by atoms with Crippen molar-refractivity contribution in [3.63, 3.8) is 0 Å². The van der Waals surface area contributed by atoms with Gasteiger partial charge in [0.25, 0.3) is 0 Å². The molecule has 3 N–H and O–H groups in total. The van der Waals surface area contributed by atoms with E-state index in [2.05, 4.69) is 40.3 Å². The SMILES string of the molecule is COC1(C(NN)c2c(Br)cnn2C(C)C)CCCC1. The molecule has 1 aromatic heterocycles. The fraction of sp³-hybridized carbons (Fsp3) is 0.769. The monoisotopic (exact) mass is 330 g/mol. The van der Waals surface area contributed by atoms with Crippen LogP contribution in [0, 0.1) is 0 Å². The average molecular weight is 331 g/mol. The second-order valence-corrected chi connectivity index (χ2v) is 6.35. The highest BCUT2D eigenvalue weighted by molar-refractivity contribution is 9.10. The third-order valence-electron chi connectivity index (χ3n) is 4.10. The number of hydrazine groups is 1. The Hall–Kier alpha value is -0.430. The second-order valence-electron chi connectivity index (χ2n) is 5.49. The van der Waals surface area contributed by atoms with Crippen LogP contribution in [-0.2, 0) is 4.74 Å². The van der Waals surface area contributed by atoms with E-state index < -0.39 is 0 Å². The van der Waals surface area contributed by atoms with Crippen molar-refractivity contribution >= 4 is 15.9 Å². The van der Waals surface area contributed by atoms with Crippen molar-refractivity contribution in [2.24, 2.45) is 5.84 Å². The van der Waals surface area contributed by atoms with Gasteiger partial charge >= 0.3 is 0 Å². The van der Waals surface area contributed by atoms with Crippen LogP contribution >= 0.6 is 15.9 Å². The van der Waals surface area contributed by atoms with E-state index in [0.717, 1.165) is 23.0 Å². The third-order valence-corrected chi connectivity index (χ3v) is 4.71. The number of nitrogens with two attached hydrogens (primary N) is 1. The minimum atomic E-state index is -0.232. The summed E-state index contributed by atoms with van der Waals surface area (Å²) in [5.74, 6) is 5.85. The zero-order valence-electron chi connectivity index (χ0n) is 11.8. The zero-order valence-corrected chi connectivity index (χ0v) is 13.4. The molecule has 0 aliphatic heterocycles. The highest BCUT2D eigenvalue weighted by Crippen LogP contribution is 2.44. The quantitative estimate of drug-likeness (QED) is 0.643. The predicted octanol–water partition coefficient (Wildman–Crippen LogP) is 2.69. The predicted molar refractivity (Wildman–Crippen MR) is 78.6 cm³/mol. The van der Waals surface area contributed by atoms with E-state index in [0.29, 0.717) is 0 Å². The fourth-order valence-corrected chi connectivity index (χ4v) is 3.60. The Labute approximate surface area is 123 Å². The summed E-state index contributed by atoms with van der Waals surface area (Å²) in [5, 5.41) is 4.44. The molecule has 0 amide bonds. The van der Waals surface area contributed by atoms with Crippen LogP contribution in [0.4, 0.5) is 0 Å². The molecule has 108 valence electrons. The Bertz CT molecular complexity index is 426. The van der Waals surface area contributed by atoms with Gasteiger partial charge in [0.2, 0.25) is 0 Å². The molecule has 1 fully saturated rings. The van der Waals surface area contributed by atoms with Crippen LogP contribution in [0.15, 0.2) is 10.7 Å². The van der Waals surface area contributed by atoms with Crippen molar-refractivity contribution in [1.29, 1.82) is 0 Å². The number of halogens is 1. The highest BCUT2D eigenvalue weighted by atomic mass is 79.9. The maximum absolute atomic E-state index is 5.86. The number of nitrogens with zero attached hydrogens (tertiary/aromatic N) is 2. The summed E-state index contributed by atoms with van der Waals surface area (Å²) in [7, 11) is 1.78. The van der Waals surface area contributed by atoms with Crippen molar-refractivity contribution in [3.8, 4) is 0 Å². The molecule has 0 spiro atoms. The first kappa shape index (κ1) is 15.0. The molecular weight excluding hydrogens is 308 g/mol. The molecule has 1 saturated carbocycles. The normalized spacial score (nSPS) is 20.1. The maximum atomic E-state index is 5.86. The number of ether oxygens (including phenoxy) is 1. The van der Waals surface area contributed by atoms with E-state index in [4.69, 9.17) is 10.6 Å². The molecule has 19 heavy (non-hydrogen) atoms. The zero-order chi connectivity index (χ0) is 14.0. The molecule has 0 saturated heterocycles. The van der Waals surface area contributed by atoms with Crippen LogP contribution in [0.25, 0.3) is 0 Å². The Morgan fingerprint density at radius 1 is 1.47 bits per heavy atom. The van der Waals surface area contributed by atoms with Crippen LogP contribution < -0.4 is 11.3 Å². The van der Waals surface area contributed by atoms with Gasteiger partial charge in [-0.25, -0.2) is 5.43 Å². The Morgan fingerprint density at radius 3 is 2.58 bits per heavy atom. The first-order chi connectivity index (χ1) is 9.05. The Balaban J connectivity index is 2.44. The highest BCUT2D eigenvalue weighted by Gasteiger charge is 2.44. The lowest BCUT2D eigenvalue weighted by atomic mass is 9.89. The van der Waals surface area contributed by atoms with Crippen LogP contribution in [0.1, 0.15) is 57.3 Å². The number of rotatable bonds is 5. The molecule has 2 rings (SSSR count). The van der Waals surface area contributed by atoms with E-state index in [9.17, 15) is 0 Å². The van der Waals surface area contributed by atoms with Crippen LogP contribution in [0.5, 0.6) is 0 Å². The number of aromatic nitrogens is 2. The number of hydrogen-bond acceptors (Lipinski definition) is 4. The lowest BCUT2D eigenvalue weighted by Crippen LogP contribution is -2.47. The molecule has 0 bridgehead atoms. The van der Waals surface area contributed by atoms with Crippen LogP contribution in [0.2, 0.25) is 0 Å². The maximum Gasteiger partial charge on any atom is 0.0929 e. The molecule has 0 radical (unpaired) electrons. The number of nitrogens with one attached hydrogen (secondary N) is 1. The van der Waals surface area contributed by atoms with Crippen molar-refractivity contribution in [2.75, 3.05) is 7.11 Å². The van der Waals surface area contributed by atoms with Crippen molar-refractivity contribution in [2.45, 2.75) is 57.2 Å². The smallest absolute Gasteiger partial charge is 0.0929 e. The molecule has 1 atom stereocenters. The van der Waals surface area contributed by atoms with Gasteiger partial charge in [-0.15, -0.1) is 0 Å². The molecule has 1 aromatic rings. The molecule has 1 heterocycles. The minimum absolute atomic E-state index is 0.0562. The third kappa shape index (κ3) is 2.59. The number of methoxy groups -OCH3 is 1. The van der Waals surface area contributed by atoms with Gasteiger partial charge in [0.05, 0.1) is 28.0 Å². The van der Waals surface area contributed by atoms with E-state index in [-0.39, 0.29) is 17.7 Å². The second kappa shape index (κ2) is 5.91. The number of hydrogen-bond donors (Lipinski definition) is 2. The summed E-state index contributed by atoms with van der Waals surface area (Å²) >= 11 is 3.59. The summed E-state index contributed by atoms with van der Waals surface area (Å²) in [5.41, 5.74) is 3.80. The van der Waals surface area contributed by atoms with E-state index in [1.807, 2.05) is 10.9 Å². The summed E-state index contributed by atoms with van der Waals surface area (Å²) in [6.07, 6.45) is 6.24. The standard InChI is InChI=1S/C13H23BrN4O/c1-9(2)18-11(10(14)8-16-18)12(17-15)13(19-3)6-4-5-7-13/h8-9,12,17H,4-7,15H2,1-3H3. The largest absolute Gasteiger partial charge is 0.376 e. The lowest BCUT2D eigenvalue weighted by molar-refractivity contribution is -0.0394. The topological polar surface area (TPSA) is 65.1 Å². The summed E-state index contributed by atoms with van der Waals surface area (Å²) in [6.45, 7) is 4.23. The van der Waals surface area contributed by atoms with Crippen molar-refractivity contribution in [1.82, 2.24) is 15.2 Å². The molecule has 5 nitrogen and oxygen atoms in total. The van der Waals surface area contributed by atoms with Crippen LogP contribution in [0.3, 0.4) is 0 Å². The molecule has 6 heteroatoms. The minimum Gasteiger partial charge on any atom is -0.376 e.